The first-order valence-corrected chi connectivity index (χ1v) is 9.34. The highest BCUT2D eigenvalue weighted by molar-refractivity contribution is 7.99. The molecular weight excluding hydrogens is 338 g/mol. The molecule has 4 rings (SSSR count). The van der Waals surface area contributed by atoms with Crippen molar-refractivity contribution in [3.8, 4) is 11.5 Å². The fraction of sp³-hybridized carbons (Fsp3) is 0.389. The van der Waals surface area contributed by atoms with Gasteiger partial charge in [-0.2, -0.15) is 11.8 Å². The Kier molecular flexibility index (Phi) is 4.48. The van der Waals surface area contributed by atoms with E-state index >= 15 is 0 Å². The Labute approximate surface area is 150 Å². The summed E-state index contributed by atoms with van der Waals surface area (Å²) in [6, 6.07) is 6.12. The largest absolute Gasteiger partial charge is 0.454 e. The van der Waals surface area contributed by atoms with E-state index in [4.69, 9.17) is 9.47 Å². The van der Waals surface area contributed by atoms with Gasteiger partial charge in [-0.25, -0.2) is 4.98 Å². The van der Waals surface area contributed by atoms with Crippen LogP contribution in [0.1, 0.15) is 33.4 Å². The summed E-state index contributed by atoms with van der Waals surface area (Å²) in [6.07, 6.45) is 4.09. The Morgan fingerprint density at radius 2 is 2.08 bits per heavy atom. The van der Waals surface area contributed by atoms with Crippen molar-refractivity contribution in [1.29, 1.82) is 0 Å². The monoisotopic (exact) mass is 357 g/mol. The molecule has 7 heteroatoms. The summed E-state index contributed by atoms with van der Waals surface area (Å²) in [7, 11) is 0. The minimum Gasteiger partial charge on any atom is -0.454 e. The number of ether oxygens (including phenoxy) is 2. The number of aryl methyl sites for hydroxylation is 1. The van der Waals surface area contributed by atoms with Crippen LogP contribution in [-0.4, -0.2) is 46.4 Å². The molecule has 0 saturated carbocycles. The van der Waals surface area contributed by atoms with Gasteiger partial charge in [0.25, 0.3) is 5.91 Å². The molecule has 2 aliphatic rings. The Morgan fingerprint density at radius 3 is 2.92 bits per heavy atom. The predicted octanol–water partition coefficient (Wildman–Crippen LogP) is 2.83. The van der Waals surface area contributed by atoms with Gasteiger partial charge in [0.1, 0.15) is 5.69 Å². The molecule has 0 spiro atoms. The van der Waals surface area contributed by atoms with E-state index in [9.17, 15) is 4.79 Å². The maximum Gasteiger partial charge on any atom is 0.274 e. The van der Waals surface area contributed by atoms with Crippen LogP contribution in [-0.2, 0) is 0 Å². The second-order valence-electron chi connectivity index (χ2n) is 6.10. The number of rotatable bonds is 2. The average molecular weight is 357 g/mol. The zero-order valence-corrected chi connectivity index (χ0v) is 14.8. The van der Waals surface area contributed by atoms with E-state index in [0.29, 0.717) is 17.5 Å². The number of carbonyl (C=O) groups is 1. The summed E-state index contributed by atoms with van der Waals surface area (Å²) in [5.41, 5.74) is 2.45. The number of amides is 1. The molecule has 2 aromatic rings. The van der Waals surface area contributed by atoms with Crippen molar-refractivity contribution in [3.05, 3.63) is 47.5 Å². The minimum atomic E-state index is -0.0422. The highest BCUT2D eigenvalue weighted by atomic mass is 32.2. The normalized spacial score (nSPS) is 19.6. The summed E-state index contributed by atoms with van der Waals surface area (Å²) in [5.74, 6) is 2.46. The Bertz CT molecular complexity index is 782. The summed E-state index contributed by atoms with van der Waals surface area (Å²) in [6.45, 7) is 3.58. The maximum absolute atomic E-state index is 12.6. The third kappa shape index (κ3) is 3.42. The van der Waals surface area contributed by atoms with E-state index in [-0.39, 0.29) is 12.7 Å². The smallest absolute Gasteiger partial charge is 0.274 e. The van der Waals surface area contributed by atoms with Crippen LogP contribution in [0, 0.1) is 6.92 Å². The van der Waals surface area contributed by atoms with Crippen LogP contribution in [0.5, 0.6) is 11.5 Å². The van der Waals surface area contributed by atoms with Crippen LogP contribution in [0.25, 0.3) is 0 Å². The number of hydrogen-bond donors (Lipinski definition) is 0. The lowest BCUT2D eigenvalue weighted by Crippen LogP contribution is -2.33. The van der Waals surface area contributed by atoms with Crippen molar-refractivity contribution in [1.82, 2.24) is 14.9 Å². The minimum absolute atomic E-state index is 0.0422. The molecule has 0 radical (unpaired) electrons. The molecule has 25 heavy (non-hydrogen) atoms. The zero-order chi connectivity index (χ0) is 17.2. The highest BCUT2D eigenvalue weighted by Gasteiger charge is 2.25. The fourth-order valence-corrected chi connectivity index (χ4v) is 4.24. The molecule has 1 amide bonds. The van der Waals surface area contributed by atoms with Gasteiger partial charge in [0, 0.05) is 30.3 Å². The van der Waals surface area contributed by atoms with Crippen molar-refractivity contribution in [2.24, 2.45) is 0 Å². The number of fused-ring (bicyclic) bond motifs is 1. The predicted molar refractivity (Wildman–Crippen MR) is 95.1 cm³/mol. The SMILES string of the molecule is Cc1cnc(C(=O)N2CCSC(c3ccc4c(c3)OCO4)CC2)cn1. The second kappa shape index (κ2) is 6.92. The van der Waals surface area contributed by atoms with Crippen LogP contribution in [0.15, 0.2) is 30.6 Å². The van der Waals surface area contributed by atoms with Crippen LogP contribution >= 0.6 is 11.8 Å². The van der Waals surface area contributed by atoms with Crippen molar-refractivity contribution in [3.63, 3.8) is 0 Å². The van der Waals surface area contributed by atoms with Crippen LogP contribution < -0.4 is 9.47 Å². The van der Waals surface area contributed by atoms with Crippen molar-refractivity contribution < 1.29 is 14.3 Å². The maximum atomic E-state index is 12.6. The molecule has 1 saturated heterocycles. The molecule has 1 aromatic heterocycles. The van der Waals surface area contributed by atoms with Gasteiger partial charge in [-0.1, -0.05) is 6.07 Å². The first-order chi connectivity index (χ1) is 12.2. The van der Waals surface area contributed by atoms with Gasteiger partial charge in [-0.05, 0) is 31.0 Å². The first-order valence-electron chi connectivity index (χ1n) is 8.30. The summed E-state index contributed by atoms with van der Waals surface area (Å²) >= 11 is 1.88. The standard InChI is InChI=1S/C18H19N3O3S/c1-12-9-20-14(10-19-12)18(22)21-5-4-17(25-7-6-21)13-2-3-15-16(8-13)24-11-23-15/h2-3,8-10,17H,4-7,11H2,1H3. The molecule has 6 nitrogen and oxygen atoms in total. The molecule has 1 atom stereocenters. The van der Waals surface area contributed by atoms with Gasteiger partial charge < -0.3 is 14.4 Å². The van der Waals surface area contributed by atoms with Crippen molar-refractivity contribution in [2.75, 3.05) is 25.6 Å². The third-order valence-electron chi connectivity index (χ3n) is 4.40. The van der Waals surface area contributed by atoms with Gasteiger partial charge in [0.15, 0.2) is 11.5 Å². The first kappa shape index (κ1) is 16.2. The number of nitrogens with zero attached hydrogens (tertiary/aromatic N) is 3. The van der Waals surface area contributed by atoms with E-state index in [1.807, 2.05) is 29.7 Å². The van der Waals surface area contributed by atoms with Crippen LogP contribution in [0.4, 0.5) is 0 Å². The van der Waals surface area contributed by atoms with Crippen molar-refractivity contribution >= 4 is 17.7 Å². The molecule has 1 unspecified atom stereocenters. The molecule has 1 aromatic carbocycles. The molecule has 130 valence electrons. The quantitative estimate of drug-likeness (QED) is 0.823. The van der Waals surface area contributed by atoms with E-state index in [1.165, 1.54) is 5.56 Å². The number of carbonyl (C=O) groups excluding carboxylic acids is 1. The van der Waals surface area contributed by atoms with E-state index in [0.717, 1.165) is 35.9 Å². The number of aromatic nitrogens is 2. The zero-order valence-electron chi connectivity index (χ0n) is 14.0. The molecule has 0 N–H and O–H groups in total. The molecule has 0 aliphatic carbocycles. The van der Waals surface area contributed by atoms with E-state index in [1.54, 1.807) is 12.4 Å². The van der Waals surface area contributed by atoms with E-state index < -0.39 is 0 Å². The average Bonchev–Trinajstić information content (AvgIpc) is 2.96. The molecule has 0 bridgehead atoms. The number of benzene rings is 1. The summed E-state index contributed by atoms with van der Waals surface area (Å²) in [5, 5.41) is 0.344. The molecular formula is C18H19N3O3S. The highest BCUT2D eigenvalue weighted by Crippen LogP contribution is 2.40. The lowest BCUT2D eigenvalue weighted by molar-refractivity contribution is 0.0760. The van der Waals surface area contributed by atoms with Gasteiger partial charge >= 0.3 is 0 Å². The van der Waals surface area contributed by atoms with Gasteiger partial charge in [-0.15, -0.1) is 0 Å². The Morgan fingerprint density at radius 1 is 1.20 bits per heavy atom. The topological polar surface area (TPSA) is 64.6 Å². The third-order valence-corrected chi connectivity index (χ3v) is 5.73. The van der Waals surface area contributed by atoms with E-state index in [2.05, 4.69) is 22.1 Å². The summed E-state index contributed by atoms with van der Waals surface area (Å²) in [4.78, 5) is 22.9. The second-order valence-corrected chi connectivity index (χ2v) is 7.41. The summed E-state index contributed by atoms with van der Waals surface area (Å²) < 4.78 is 10.9. The molecule has 2 aliphatic heterocycles. The Balaban J connectivity index is 1.45. The lowest BCUT2D eigenvalue weighted by Gasteiger charge is -2.19. The molecule has 1 fully saturated rings. The fourth-order valence-electron chi connectivity index (χ4n) is 3.02. The van der Waals surface area contributed by atoms with Gasteiger partial charge in [0.05, 0.1) is 11.9 Å². The molecule has 3 heterocycles. The van der Waals surface area contributed by atoms with Gasteiger partial charge in [-0.3, -0.25) is 9.78 Å². The number of thioether (sulfide) groups is 1. The van der Waals surface area contributed by atoms with Crippen LogP contribution in [0.2, 0.25) is 0 Å². The van der Waals surface area contributed by atoms with Crippen LogP contribution in [0.3, 0.4) is 0 Å². The Hall–Kier alpha value is -2.28. The van der Waals surface area contributed by atoms with Crippen molar-refractivity contribution in [2.45, 2.75) is 18.6 Å². The lowest BCUT2D eigenvalue weighted by atomic mass is 10.1. The number of hydrogen-bond acceptors (Lipinski definition) is 6. The van der Waals surface area contributed by atoms with Gasteiger partial charge in [0.2, 0.25) is 6.79 Å².